The van der Waals surface area contributed by atoms with Crippen LogP contribution >= 0.6 is 0 Å². The summed E-state index contributed by atoms with van der Waals surface area (Å²) in [6.45, 7) is 3.53. The highest BCUT2D eigenvalue weighted by Crippen LogP contribution is 2.29. The van der Waals surface area contributed by atoms with Gasteiger partial charge in [-0.1, -0.05) is 18.2 Å². The molecule has 0 fully saturated rings. The van der Waals surface area contributed by atoms with Crippen LogP contribution in [0, 0.1) is 0 Å². The maximum Gasteiger partial charge on any atom is 0.416 e. The molecule has 0 saturated carbocycles. The van der Waals surface area contributed by atoms with Gasteiger partial charge in [0, 0.05) is 12.0 Å². The average Bonchev–Trinajstić information content (AvgIpc) is 2.28. The molecule has 0 bridgehead atoms. The summed E-state index contributed by atoms with van der Waals surface area (Å²) in [5.41, 5.74) is -0.415. The van der Waals surface area contributed by atoms with Gasteiger partial charge in [-0.3, -0.25) is 4.79 Å². The first kappa shape index (κ1) is 13.5. The lowest BCUT2D eigenvalue weighted by atomic mass is 10.0. The van der Waals surface area contributed by atoms with Crippen LogP contribution in [0.25, 0.3) is 0 Å². The van der Waals surface area contributed by atoms with Crippen LogP contribution in [0.4, 0.5) is 13.2 Å². The Labute approximate surface area is 98.0 Å². The van der Waals surface area contributed by atoms with Crippen LogP contribution in [0.3, 0.4) is 0 Å². The molecule has 92 valence electrons. The van der Waals surface area contributed by atoms with Crippen LogP contribution < -0.4 is 0 Å². The van der Waals surface area contributed by atoms with Gasteiger partial charge in [0.2, 0.25) is 0 Å². The smallest absolute Gasteiger partial charge is 0.294 e. The minimum absolute atomic E-state index is 0.138. The van der Waals surface area contributed by atoms with Crippen molar-refractivity contribution in [3.63, 3.8) is 0 Å². The molecule has 0 saturated heterocycles. The molecule has 0 aromatic heterocycles. The molecular formula is C13H13F3O. The lowest BCUT2D eigenvalue weighted by molar-refractivity contribution is -0.137. The number of rotatable bonds is 5. The minimum Gasteiger partial charge on any atom is -0.294 e. The van der Waals surface area contributed by atoms with Crippen molar-refractivity contribution in [2.75, 3.05) is 0 Å². The SMILES string of the molecule is C=CCCCC(=O)c1ccc(C(F)(F)F)cc1. The number of ketones is 1. The number of carbonyl (C=O) groups excluding carboxylic acids is 1. The Kier molecular flexibility index (Phi) is 4.49. The summed E-state index contributed by atoms with van der Waals surface area (Å²) in [7, 11) is 0. The predicted molar refractivity (Wildman–Crippen MR) is 59.8 cm³/mol. The number of halogens is 3. The number of alkyl halides is 3. The van der Waals surface area contributed by atoms with E-state index in [2.05, 4.69) is 6.58 Å². The van der Waals surface area contributed by atoms with E-state index in [1.54, 1.807) is 6.08 Å². The van der Waals surface area contributed by atoms with E-state index in [0.717, 1.165) is 18.6 Å². The van der Waals surface area contributed by atoms with Crippen molar-refractivity contribution >= 4 is 5.78 Å². The molecule has 0 aliphatic carbocycles. The Morgan fingerprint density at radius 1 is 1.24 bits per heavy atom. The van der Waals surface area contributed by atoms with Gasteiger partial charge in [-0.15, -0.1) is 6.58 Å². The molecule has 0 spiro atoms. The molecule has 0 amide bonds. The summed E-state index contributed by atoms with van der Waals surface area (Å²) in [4.78, 5) is 11.6. The number of hydrogen-bond acceptors (Lipinski definition) is 1. The summed E-state index contributed by atoms with van der Waals surface area (Å²) in [6.07, 6.45) is -0.919. The molecule has 1 aromatic carbocycles. The quantitative estimate of drug-likeness (QED) is 0.428. The fraction of sp³-hybridized carbons (Fsp3) is 0.308. The van der Waals surface area contributed by atoms with E-state index in [1.807, 2.05) is 0 Å². The van der Waals surface area contributed by atoms with E-state index in [-0.39, 0.29) is 5.78 Å². The largest absolute Gasteiger partial charge is 0.416 e. The molecule has 0 radical (unpaired) electrons. The third kappa shape index (κ3) is 4.06. The van der Waals surface area contributed by atoms with Crippen LogP contribution in [-0.4, -0.2) is 5.78 Å². The van der Waals surface area contributed by atoms with Gasteiger partial charge >= 0.3 is 6.18 Å². The van der Waals surface area contributed by atoms with Crippen LogP contribution in [0.2, 0.25) is 0 Å². The lowest BCUT2D eigenvalue weighted by Crippen LogP contribution is -2.06. The molecule has 1 nitrogen and oxygen atoms in total. The highest BCUT2D eigenvalue weighted by molar-refractivity contribution is 5.96. The molecule has 0 heterocycles. The van der Waals surface area contributed by atoms with Gasteiger partial charge in [-0.25, -0.2) is 0 Å². The zero-order valence-corrected chi connectivity index (χ0v) is 9.26. The summed E-state index contributed by atoms with van der Waals surface area (Å²) in [5, 5.41) is 0. The molecule has 4 heteroatoms. The molecule has 0 aliphatic rings. The monoisotopic (exact) mass is 242 g/mol. The number of Topliss-reactive ketones (excluding diaryl/α,β-unsaturated/α-hetero) is 1. The maximum absolute atomic E-state index is 12.3. The number of hydrogen-bond donors (Lipinski definition) is 0. The minimum atomic E-state index is -4.36. The van der Waals surface area contributed by atoms with E-state index in [0.29, 0.717) is 18.4 Å². The topological polar surface area (TPSA) is 17.1 Å². The summed E-state index contributed by atoms with van der Waals surface area (Å²) >= 11 is 0. The van der Waals surface area contributed by atoms with Gasteiger partial charge in [0.1, 0.15) is 0 Å². The van der Waals surface area contributed by atoms with Gasteiger partial charge in [0.05, 0.1) is 5.56 Å². The van der Waals surface area contributed by atoms with Crippen LogP contribution in [-0.2, 0) is 6.18 Å². The molecule has 17 heavy (non-hydrogen) atoms. The van der Waals surface area contributed by atoms with E-state index in [9.17, 15) is 18.0 Å². The molecular weight excluding hydrogens is 229 g/mol. The molecule has 0 N–H and O–H groups in total. The number of unbranched alkanes of at least 4 members (excludes halogenated alkanes) is 1. The first-order valence-corrected chi connectivity index (χ1v) is 5.26. The Morgan fingerprint density at radius 2 is 1.82 bits per heavy atom. The lowest BCUT2D eigenvalue weighted by Gasteiger charge is -2.07. The zero-order chi connectivity index (χ0) is 12.9. The molecule has 0 atom stereocenters. The third-order valence-electron chi connectivity index (χ3n) is 2.35. The molecule has 1 aromatic rings. The summed E-state index contributed by atoms with van der Waals surface area (Å²) in [5.74, 6) is -0.138. The third-order valence-corrected chi connectivity index (χ3v) is 2.35. The van der Waals surface area contributed by atoms with Gasteiger partial charge in [-0.05, 0) is 25.0 Å². The van der Waals surface area contributed by atoms with E-state index >= 15 is 0 Å². The summed E-state index contributed by atoms with van der Waals surface area (Å²) < 4.78 is 36.8. The Balaban J connectivity index is 2.67. The van der Waals surface area contributed by atoms with Gasteiger partial charge in [-0.2, -0.15) is 13.2 Å². The number of benzene rings is 1. The van der Waals surface area contributed by atoms with Gasteiger partial charge < -0.3 is 0 Å². The molecule has 1 rings (SSSR count). The van der Waals surface area contributed by atoms with Gasteiger partial charge in [0.25, 0.3) is 0 Å². The number of allylic oxidation sites excluding steroid dienone is 1. The number of carbonyl (C=O) groups is 1. The van der Waals surface area contributed by atoms with E-state index < -0.39 is 11.7 Å². The predicted octanol–water partition coefficient (Wildman–Crippen LogP) is 4.24. The zero-order valence-electron chi connectivity index (χ0n) is 9.26. The van der Waals surface area contributed by atoms with Crippen molar-refractivity contribution in [1.29, 1.82) is 0 Å². The van der Waals surface area contributed by atoms with Crippen LogP contribution in [0.15, 0.2) is 36.9 Å². The highest BCUT2D eigenvalue weighted by atomic mass is 19.4. The van der Waals surface area contributed by atoms with Crippen molar-refractivity contribution in [3.05, 3.63) is 48.0 Å². The fourth-order valence-electron chi connectivity index (χ4n) is 1.40. The Hall–Kier alpha value is -1.58. The normalized spacial score (nSPS) is 11.2. The van der Waals surface area contributed by atoms with Crippen molar-refractivity contribution in [2.24, 2.45) is 0 Å². The summed E-state index contributed by atoms with van der Waals surface area (Å²) in [6, 6.07) is 4.31. The molecule has 0 unspecified atom stereocenters. The van der Waals surface area contributed by atoms with Crippen molar-refractivity contribution < 1.29 is 18.0 Å². The highest BCUT2D eigenvalue weighted by Gasteiger charge is 2.30. The Morgan fingerprint density at radius 3 is 2.29 bits per heavy atom. The van der Waals surface area contributed by atoms with E-state index in [1.165, 1.54) is 12.1 Å². The van der Waals surface area contributed by atoms with Gasteiger partial charge in [0.15, 0.2) is 5.78 Å². The van der Waals surface area contributed by atoms with Crippen LogP contribution in [0.5, 0.6) is 0 Å². The van der Waals surface area contributed by atoms with Crippen molar-refractivity contribution in [1.82, 2.24) is 0 Å². The van der Waals surface area contributed by atoms with E-state index in [4.69, 9.17) is 0 Å². The second-order valence-corrected chi connectivity index (χ2v) is 3.68. The van der Waals surface area contributed by atoms with Crippen LogP contribution in [0.1, 0.15) is 35.2 Å². The standard InChI is InChI=1S/C13H13F3O/c1-2-3-4-5-12(17)10-6-8-11(9-7-10)13(14,15)16/h2,6-9H,1,3-5H2. The molecule has 0 aliphatic heterocycles. The van der Waals surface area contributed by atoms with Crippen molar-refractivity contribution in [2.45, 2.75) is 25.4 Å². The average molecular weight is 242 g/mol. The first-order chi connectivity index (χ1) is 7.95. The fourth-order valence-corrected chi connectivity index (χ4v) is 1.40. The second-order valence-electron chi connectivity index (χ2n) is 3.68. The Bertz CT molecular complexity index is 390. The second kappa shape index (κ2) is 5.66. The first-order valence-electron chi connectivity index (χ1n) is 5.26. The maximum atomic E-state index is 12.3. The van der Waals surface area contributed by atoms with Crippen molar-refractivity contribution in [3.8, 4) is 0 Å².